The molecule has 2 heterocycles. The molecule has 0 aliphatic carbocycles. The van der Waals surface area contributed by atoms with E-state index in [4.69, 9.17) is 0 Å². The van der Waals surface area contributed by atoms with E-state index >= 15 is 0 Å². The minimum absolute atomic E-state index is 0.0741. The highest BCUT2D eigenvalue weighted by atomic mass is 19.4. The Morgan fingerprint density at radius 3 is 2.56 bits per heavy atom. The van der Waals surface area contributed by atoms with Crippen LogP contribution in [-0.2, 0) is 11.2 Å². The van der Waals surface area contributed by atoms with Crippen molar-refractivity contribution < 1.29 is 22.8 Å². The van der Waals surface area contributed by atoms with Crippen molar-refractivity contribution in [2.24, 2.45) is 0 Å². The monoisotopic (exact) mass is 384 g/mol. The smallest absolute Gasteiger partial charge is 0.350 e. The summed E-state index contributed by atoms with van der Waals surface area (Å²) in [5.41, 5.74) is 1.92. The van der Waals surface area contributed by atoms with Gasteiger partial charge >= 0.3 is 6.18 Å². The van der Waals surface area contributed by atoms with E-state index in [0.29, 0.717) is 44.7 Å². The van der Waals surface area contributed by atoms with Gasteiger partial charge in [0.25, 0.3) is 5.91 Å². The lowest BCUT2D eigenvalue weighted by molar-refractivity contribution is -0.183. The third-order valence-corrected chi connectivity index (χ3v) is 5.04. The van der Waals surface area contributed by atoms with Gasteiger partial charge in [0.15, 0.2) is 0 Å². The predicted molar refractivity (Wildman–Crippen MR) is 94.8 cm³/mol. The number of nitrogens with zero attached hydrogens (tertiary/aromatic N) is 2. The molecule has 9 heteroatoms. The zero-order valence-electron chi connectivity index (χ0n) is 15.1. The van der Waals surface area contributed by atoms with Crippen molar-refractivity contribution in [2.45, 2.75) is 25.6 Å². The summed E-state index contributed by atoms with van der Waals surface area (Å²) in [6, 6.07) is 3.17. The molecule has 2 amide bonds. The largest absolute Gasteiger partial charge is 0.405 e. The van der Waals surface area contributed by atoms with Crippen LogP contribution >= 0.6 is 0 Å². The maximum atomic E-state index is 13.4. The first-order chi connectivity index (χ1) is 12.8. The lowest BCUT2D eigenvalue weighted by Gasteiger charge is -2.35. The van der Waals surface area contributed by atoms with Gasteiger partial charge in [-0.25, -0.2) is 0 Å². The maximum Gasteiger partial charge on any atom is 0.405 e. The minimum Gasteiger partial charge on any atom is -0.350 e. The van der Waals surface area contributed by atoms with Gasteiger partial charge in [-0.2, -0.15) is 13.2 Å². The number of rotatable bonds is 4. The standard InChI is InChI=1S/C18H23F3N4O2/c1-12(26)25-7-4-13-10-14(2-3-15(13)25)17(27)23-11-16(18(19,20)21)24-8-5-22-6-9-24/h2-3,10,16,22H,4-9,11H2,1H3,(H,23,27). The van der Waals surface area contributed by atoms with Crippen LogP contribution in [0.25, 0.3) is 0 Å². The number of hydrogen-bond donors (Lipinski definition) is 2. The summed E-state index contributed by atoms with van der Waals surface area (Å²) in [4.78, 5) is 26.9. The van der Waals surface area contributed by atoms with E-state index in [1.807, 2.05) is 0 Å². The molecule has 2 aliphatic heterocycles. The van der Waals surface area contributed by atoms with Crippen LogP contribution < -0.4 is 15.5 Å². The van der Waals surface area contributed by atoms with Crippen molar-refractivity contribution in [3.63, 3.8) is 0 Å². The quantitative estimate of drug-likeness (QED) is 0.818. The van der Waals surface area contributed by atoms with Gasteiger partial charge in [0.05, 0.1) is 0 Å². The van der Waals surface area contributed by atoms with Crippen LogP contribution in [0.4, 0.5) is 18.9 Å². The van der Waals surface area contributed by atoms with Gasteiger partial charge in [0, 0.05) is 57.4 Å². The first kappa shape index (κ1) is 19.6. The summed E-state index contributed by atoms with van der Waals surface area (Å²) in [6.07, 6.45) is -3.79. The third kappa shape index (κ3) is 4.41. The number of amides is 2. The molecule has 2 N–H and O–H groups in total. The molecular formula is C18H23F3N4O2. The number of carbonyl (C=O) groups is 2. The summed E-state index contributed by atoms with van der Waals surface area (Å²) >= 11 is 0. The lowest BCUT2D eigenvalue weighted by atomic mass is 10.1. The van der Waals surface area contributed by atoms with Gasteiger partial charge in [0.1, 0.15) is 6.04 Å². The number of fused-ring (bicyclic) bond motifs is 1. The van der Waals surface area contributed by atoms with Crippen molar-refractivity contribution in [1.29, 1.82) is 0 Å². The van der Waals surface area contributed by atoms with Gasteiger partial charge in [-0.15, -0.1) is 0 Å². The fraction of sp³-hybridized carbons (Fsp3) is 0.556. The zero-order chi connectivity index (χ0) is 19.6. The van der Waals surface area contributed by atoms with E-state index in [1.165, 1.54) is 11.8 Å². The molecule has 0 radical (unpaired) electrons. The van der Waals surface area contributed by atoms with E-state index in [9.17, 15) is 22.8 Å². The molecule has 1 aromatic rings. The van der Waals surface area contributed by atoms with E-state index < -0.39 is 24.7 Å². The molecule has 0 spiro atoms. The summed E-state index contributed by atoms with van der Waals surface area (Å²) in [5.74, 6) is -0.613. The first-order valence-electron chi connectivity index (χ1n) is 8.98. The van der Waals surface area contributed by atoms with Gasteiger partial charge in [0.2, 0.25) is 5.91 Å². The van der Waals surface area contributed by atoms with Crippen LogP contribution in [0.5, 0.6) is 0 Å². The molecule has 2 aliphatic rings. The Morgan fingerprint density at radius 2 is 1.93 bits per heavy atom. The van der Waals surface area contributed by atoms with Gasteiger partial charge < -0.3 is 15.5 Å². The van der Waals surface area contributed by atoms with Crippen LogP contribution in [0.15, 0.2) is 18.2 Å². The van der Waals surface area contributed by atoms with E-state index in [2.05, 4.69) is 10.6 Å². The van der Waals surface area contributed by atoms with Crippen molar-refractivity contribution in [1.82, 2.24) is 15.5 Å². The SMILES string of the molecule is CC(=O)N1CCc2cc(C(=O)NCC(N3CCNCC3)C(F)(F)F)ccc21. The van der Waals surface area contributed by atoms with E-state index in [-0.39, 0.29) is 5.91 Å². The molecule has 1 unspecified atom stereocenters. The van der Waals surface area contributed by atoms with Crippen LogP contribution in [0.1, 0.15) is 22.8 Å². The average molecular weight is 384 g/mol. The number of benzene rings is 1. The number of carbonyl (C=O) groups excluding carboxylic acids is 2. The Balaban J connectivity index is 1.67. The van der Waals surface area contributed by atoms with Crippen molar-refractivity contribution in [3.8, 4) is 0 Å². The molecule has 0 bridgehead atoms. The number of hydrogen-bond acceptors (Lipinski definition) is 4. The molecule has 1 fully saturated rings. The molecule has 0 aromatic heterocycles. The summed E-state index contributed by atoms with van der Waals surface area (Å²) < 4.78 is 40.2. The Kier molecular flexibility index (Phi) is 5.71. The molecule has 3 rings (SSSR count). The second kappa shape index (κ2) is 7.85. The lowest BCUT2D eigenvalue weighted by Crippen LogP contribution is -2.57. The number of piperazine rings is 1. The molecule has 27 heavy (non-hydrogen) atoms. The van der Waals surface area contributed by atoms with Crippen molar-refractivity contribution >= 4 is 17.5 Å². The Labute approximate surface area is 155 Å². The normalized spacial score (nSPS) is 18.9. The number of nitrogens with one attached hydrogen (secondary N) is 2. The summed E-state index contributed by atoms with van der Waals surface area (Å²) in [5, 5.41) is 5.45. The molecule has 0 saturated carbocycles. The summed E-state index contributed by atoms with van der Waals surface area (Å²) in [7, 11) is 0. The molecular weight excluding hydrogens is 361 g/mol. The fourth-order valence-electron chi connectivity index (χ4n) is 3.61. The van der Waals surface area contributed by atoms with Gasteiger partial charge in [-0.3, -0.25) is 14.5 Å². The number of alkyl halides is 3. The third-order valence-electron chi connectivity index (χ3n) is 5.04. The molecule has 1 saturated heterocycles. The van der Waals surface area contributed by atoms with Crippen LogP contribution in [0, 0.1) is 0 Å². The highest BCUT2D eigenvalue weighted by Gasteiger charge is 2.43. The van der Waals surface area contributed by atoms with E-state index in [0.717, 1.165) is 11.3 Å². The Bertz CT molecular complexity index is 717. The summed E-state index contributed by atoms with van der Waals surface area (Å²) in [6.45, 7) is 3.12. The highest BCUT2D eigenvalue weighted by Crippen LogP contribution is 2.29. The average Bonchev–Trinajstić information content (AvgIpc) is 3.05. The maximum absolute atomic E-state index is 13.4. The van der Waals surface area contributed by atoms with Crippen molar-refractivity contribution in [2.75, 3.05) is 44.2 Å². The topological polar surface area (TPSA) is 64.7 Å². The Morgan fingerprint density at radius 1 is 1.22 bits per heavy atom. The zero-order valence-corrected chi connectivity index (χ0v) is 15.1. The molecule has 6 nitrogen and oxygen atoms in total. The Hall–Kier alpha value is -2.13. The second-order valence-electron chi connectivity index (χ2n) is 6.82. The van der Waals surface area contributed by atoms with Crippen LogP contribution in [0.3, 0.4) is 0 Å². The van der Waals surface area contributed by atoms with Gasteiger partial charge in [-0.05, 0) is 30.2 Å². The van der Waals surface area contributed by atoms with Crippen LogP contribution in [0.2, 0.25) is 0 Å². The van der Waals surface area contributed by atoms with Crippen molar-refractivity contribution in [3.05, 3.63) is 29.3 Å². The number of anilines is 1. The highest BCUT2D eigenvalue weighted by molar-refractivity contribution is 5.97. The second-order valence-corrected chi connectivity index (χ2v) is 6.82. The molecule has 1 aromatic carbocycles. The fourth-order valence-corrected chi connectivity index (χ4v) is 3.61. The van der Waals surface area contributed by atoms with E-state index in [1.54, 1.807) is 23.1 Å². The van der Waals surface area contributed by atoms with Gasteiger partial charge in [-0.1, -0.05) is 0 Å². The predicted octanol–water partition coefficient (Wildman–Crippen LogP) is 1.16. The minimum atomic E-state index is -4.41. The first-order valence-corrected chi connectivity index (χ1v) is 8.98. The van der Waals surface area contributed by atoms with Crippen LogP contribution in [-0.4, -0.2) is 68.2 Å². The molecule has 148 valence electrons. The molecule has 1 atom stereocenters. The number of halogens is 3.